The molecule has 1 amide bonds. The summed E-state index contributed by atoms with van der Waals surface area (Å²) >= 11 is 0. The van der Waals surface area contributed by atoms with Gasteiger partial charge in [0, 0.05) is 24.5 Å². The Balaban J connectivity index is 1.93. The molecule has 128 valence electrons. The Hall–Kier alpha value is -1.39. The number of nitrogens with two attached hydrogens (primary N) is 1. The fraction of sp³-hybridized carbons (Fsp3) is 0.632. The van der Waals surface area contributed by atoms with Gasteiger partial charge in [-0.2, -0.15) is 0 Å². The number of hydrogen-bond donors (Lipinski definition) is 2. The molecule has 1 aromatic carbocycles. The zero-order chi connectivity index (χ0) is 16.7. The van der Waals surface area contributed by atoms with Gasteiger partial charge in [0.1, 0.15) is 0 Å². The van der Waals surface area contributed by atoms with Crippen molar-refractivity contribution < 1.29 is 4.79 Å². The summed E-state index contributed by atoms with van der Waals surface area (Å²) in [6, 6.07) is 11.1. The van der Waals surface area contributed by atoms with Crippen LogP contribution in [0.2, 0.25) is 0 Å². The maximum atomic E-state index is 12.4. The number of carbonyl (C=O) groups excluding carboxylic acids is 1. The molecular weight excluding hydrogens is 286 g/mol. The van der Waals surface area contributed by atoms with Gasteiger partial charge in [0.05, 0.1) is 0 Å². The maximum Gasteiger partial charge on any atom is 0.223 e. The van der Waals surface area contributed by atoms with E-state index in [1.807, 2.05) is 6.07 Å². The van der Waals surface area contributed by atoms with E-state index >= 15 is 0 Å². The number of rotatable bonds is 8. The summed E-state index contributed by atoms with van der Waals surface area (Å²) in [6.07, 6.45) is 3.70. The highest BCUT2D eigenvalue weighted by Crippen LogP contribution is 2.24. The quantitative estimate of drug-likeness (QED) is 0.773. The first kappa shape index (κ1) is 18.0. The molecule has 1 fully saturated rings. The third kappa shape index (κ3) is 5.33. The van der Waals surface area contributed by atoms with Crippen molar-refractivity contribution in [1.82, 2.24) is 10.2 Å². The molecule has 0 spiro atoms. The molecule has 0 heterocycles. The van der Waals surface area contributed by atoms with Crippen LogP contribution in [-0.2, 0) is 11.2 Å². The van der Waals surface area contributed by atoms with Crippen LogP contribution < -0.4 is 11.1 Å². The molecule has 0 aromatic heterocycles. The molecule has 1 aliphatic rings. The van der Waals surface area contributed by atoms with E-state index in [0.717, 1.165) is 38.8 Å². The minimum absolute atomic E-state index is 0.110. The Morgan fingerprint density at radius 1 is 1.26 bits per heavy atom. The number of amides is 1. The minimum atomic E-state index is 0.110. The zero-order valence-corrected chi connectivity index (χ0v) is 14.5. The summed E-state index contributed by atoms with van der Waals surface area (Å²) in [5.74, 6) is 0.294. The highest BCUT2D eigenvalue weighted by atomic mass is 16.1. The largest absolute Gasteiger partial charge is 0.354 e. The predicted molar refractivity (Wildman–Crippen MR) is 95.2 cm³/mol. The SMILES string of the molecule is CCN(CC)C(CNC(=O)C1CCC(N)C1)Cc1ccccc1. The first-order valence-electron chi connectivity index (χ1n) is 8.95. The van der Waals surface area contributed by atoms with Gasteiger partial charge in [0.25, 0.3) is 0 Å². The number of hydrogen-bond acceptors (Lipinski definition) is 3. The third-order valence-corrected chi connectivity index (χ3v) is 5.00. The second-order valence-electron chi connectivity index (χ2n) is 6.58. The van der Waals surface area contributed by atoms with Gasteiger partial charge in [-0.05, 0) is 44.3 Å². The van der Waals surface area contributed by atoms with Crippen molar-refractivity contribution in [3.05, 3.63) is 35.9 Å². The molecule has 1 saturated carbocycles. The van der Waals surface area contributed by atoms with Crippen molar-refractivity contribution >= 4 is 5.91 Å². The number of nitrogens with one attached hydrogen (secondary N) is 1. The van der Waals surface area contributed by atoms with Crippen LogP contribution in [0.5, 0.6) is 0 Å². The highest BCUT2D eigenvalue weighted by Gasteiger charge is 2.28. The normalized spacial score (nSPS) is 22.3. The van der Waals surface area contributed by atoms with E-state index in [4.69, 9.17) is 5.73 Å². The van der Waals surface area contributed by atoms with Crippen molar-refractivity contribution in [3.63, 3.8) is 0 Å². The lowest BCUT2D eigenvalue weighted by atomic mass is 10.0. The molecule has 3 N–H and O–H groups in total. The Labute approximate surface area is 140 Å². The summed E-state index contributed by atoms with van der Waals surface area (Å²) in [4.78, 5) is 14.8. The van der Waals surface area contributed by atoms with Crippen LogP contribution in [0, 0.1) is 5.92 Å². The first-order chi connectivity index (χ1) is 11.1. The Morgan fingerprint density at radius 2 is 1.96 bits per heavy atom. The molecule has 23 heavy (non-hydrogen) atoms. The van der Waals surface area contributed by atoms with Crippen LogP contribution in [-0.4, -0.2) is 42.5 Å². The second kappa shape index (κ2) is 9.04. The summed E-state index contributed by atoms with van der Waals surface area (Å²) in [7, 11) is 0. The van der Waals surface area contributed by atoms with Gasteiger partial charge in [-0.15, -0.1) is 0 Å². The van der Waals surface area contributed by atoms with Crippen molar-refractivity contribution in [3.8, 4) is 0 Å². The van der Waals surface area contributed by atoms with Gasteiger partial charge in [0.15, 0.2) is 0 Å². The molecule has 3 unspecified atom stereocenters. The smallest absolute Gasteiger partial charge is 0.223 e. The average Bonchev–Trinajstić information content (AvgIpc) is 3.00. The molecule has 3 atom stereocenters. The van der Waals surface area contributed by atoms with Crippen LogP contribution >= 0.6 is 0 Å². The molecule has 0 aliphatic heterocycles. The van der Waals surface area contributed by atoms with Crippen LogP contribution in [0.3, 0.4) is 0 Å². The van der Waals surface area contributed by atoms with Crippen molar-refractivity contribution in [1.29, 1.82) is 0 Å². The Bertz CT molecular complexity index is 473. The number of likely N-dealkylation sites (N-methyl/N-ethyl adjacent to an activating group) is 1. The van der Waals surface area contributed by atoms with Crippen molar-refractivity contribution in [2.24, 2.45) is 11.7 Å². The van der Waals surface area contributed by atoms with Crippen LogP contribution in [0.15, 0.2) is 30.3 Å². The maximum absolute atomic E-state index is 12.4. The second-order valence-corrected chi connectivity index (χ2v) is 6.58. The molecule has 0 bridgehead atoms. The molecule has 2 rings (SSSR count). The predicted octanol–water partition coefficient (Wildman–Crippen LogP) is 2.18. The van der Waals surface area contributed by atoms with E-state index in [1.54, 1.807) is 0 Å². The topological polar surface area (TPSA) is 58.4 Å². The first-order valence-corrected chi connectivity index (χ1v) is 8.95. The van der Waals surface area contributed by atoms with Gasteiger partial charge in [-0.25, -0.2) is 0 Å². The fourth-order valence-corrected chi connectivity index (χ4v) is 3.57. The summed E-state index contributed by atoms with van der Waals surface area (Å²) in [5, 5.41) is 3.18. The van der Waals surface area contributed by atoms with E-state index in [2.05, 4.69) is 48.3 Å². The van der Waals surface area contributed by atoms with Gasteiger partial charge >= 0.3 is 0 Å². The number of carbonyl (C=O) groups is 1. The van der Waals surface area contributed by atoms with E-state index in [1.165, 1.54) is 5.56 Å². The van der Waals surface area contributed by atoms with E-state index in [-0.39, 0.29) is 17.9 Å². The lowest BCUT2D eigenvalue weighted by Gasteiger charge is -2.30. The van der Waals surface area contributed by atoms with Gasteiger partial charge in [0.2, 0.25) is 5.91 Å². The molecule has 4 heteroatoms. The summed E-state index contributed by atoms with van der Waals surface area (Å²) in [5.41, 5.74) is 7.24. The van der Waals surface area contributed by atoms with E-state index in [9.17, 15) is 4.79 Å². The van der Waals surface area contributed by atoms with Crippen LogP contribution in [0.25, 0.3) is 0 Å². The van der Waals surface area contributed by atoms with Crippen LogP contribution in [0.1, 0.15) is 38.7 Å². The minimum Gasteiger partial charge on any atom is -0.354 e. The Morgan fingerprint density at radius 3 is 2.52 bits per heavy atom. The zero-order valence-electron chi connectivity index (χ0n) is 14.5. The van der Waals surface area contributed by atoms with Gasteiger partial charge in [-0.1, -0.05) is 44.2 Å². The third-order valence-electron chi connectivity index (χ3n) is 5.00. The van der Waals surface area contributed by atoms with E-state index in [0.29, 0.717) is 12.6 Å². The average molecular weight is 317 g/mol. The monoisotopic (exact) mass is 317 g/mol. The van der Waals surface area contributed by atoms with Gasteiger partial charge in [-0.3, -0.25) is 9.69 Å². The van der Waals surface area contributed by atoms with Crippen molar-refractivity contribution in [2.75, 3.05) is 19.6 Å². The number of benzene rings is 1. The van der Waals surface area contributed by atoms with Crippen LogP contribution in [0.4, 0.5) is 0 Å². The molecule has 1 aliphatic carbocycles. The summed E-state index contributed by atoms with van der Waals surface area (Å²) in [6.45, 7) is 7.07. The standard InChI is InChI=1S/C19H31N3O/c1-3-22(4-2)18(12-15-8-6-5-7-9-15)14-21-19(23)16-10-11-17(20)13-16/h5-9,16-18H,3-4,10-14,20H2,1-2H3,(H,21,23). The highest BCUT2D eigenvalue weighted by molar-refractivity contribution is 5.79. The van der Waals surface area contributed by atoms with E-state index < -0.39 is 0 Å². The molecular formula is C19H31N3O. The Kier molecular flexibility index (Phi) is 7.06. The van der Waals surface area contributed by atoms with Gasteiger partial charge < -0.3 is 11.1 Å². The van der Waals surface area contributed by atoms with Crippen molar-refractivity contribution in [2.45, 2.75) is 51.6 Å². The fourth-order valence-electron chi connectivity index (χ4n) is 3.57. The lowest BCUT2D eigenvalue weighted by Crippen LogP contribution is -2.46. The molecule has 0 saturated heterocycles. The lowest BCUT2D eigenvalue weighted by molar-refractivity contribution is -0.125. The molecule has 0 radical (unpaired) electrons. The molecule has 1 aromatic rings. The summed E-state index contributed by atoms with van der Waals surface area (Å²) < 4.78 is 0. The molecule has 4 nitrogen and oxygen atoms in total. The number of nitrogens with zero attached hydrogens (tertiary/aromatic N) is 1.